The Morgan fingerprint density at radius 3 is 2.27 bits per heavy atom. The van der Waals surface area contributed by atoms with E-state index in [0.717, 1.165) is 5.57 Å². The lowest BCUT2D eigenvalue weighted by molar-refractivity contribution is -0.131. The summed E-state index contributed by atoms with van der Waals surface area (Å²) in [4.78, 5) is 10.7. The SMILES string of the molecule is CC(/C=C/C1CC1c1cc2c(cc1C)C(C)(C)CCC2(C)C)=C\C(=O)O. The number of carboxylic acids is 1. The maximum absolute atomic E-state index is 10.7. The Morgan fingerprint density at radius 1 is 1.12 bits per heavy atom. The van der Waals surface area contributed by atoms with Crippen LogP contribution in [0, 0.1) is 12.8 Å². The van der Waals surface area contributed by atoms with Crippen LogP contribution in [0.15, 0.2) is 35.9 Å². The van der Waals surface area contributed by atoms with Gasteiger partial charge in [0.25, 0.3) is 0 Å². The molecule has 1 N–H and O–H groups in total. The van der Waals surface area contributed by atoms with E-state index in [0.29, 0.717) is 11.8 Å². The predicted octanol–water partition coefficient (Wildman–Crippen LogP) is 6.03. The molecular formula is C24H32O2. The Hall–Kier alpha value is -1.83. The summed E-state index contributed by atoms with van der Waals surface area (Å²) in [6, 6.07) is 4.93. The predicted molar refractivity (Wildman–Crippen MR) is 108 cm³/mol. The number of fused-ring (bicyclic) bond motifs is 1. The standard InChI is InChI=1S/C24H32O2/c1-15(11-22(25)26)7-8-17-13-19(17)18-14-21-20(12-16(18)2)23(3,4)9-10-24(21,5)6/h7-8,11-12,14,17,19H,9-10,13H2,1-6H3,(H,25,26)/b8-7+,15-11+. The Bertz CT molecular complexity index is 793. The highest BCUT2D eigenvalue weighted by Crippen LogP contribution is 2.53. The molecule has 2 heteroatoms. The van der Waals surface area contributed by atoms with Gasteiger partial charge in [-0.3, -0.25) is 0 Å². The van der Waals surface area contributed by atoms with Crippen LogP contribution in [-0.4, -0.2) is 11.1 Å². The van der Waals surface area contributed by atoms with E-state index in [1.165, 1.54) is 47.6 Å². The van der Waals surface area contributed by atoms with Crippen LogP contribution in [-0.2, 0) is 15.6 Å². The average molecular weight is 353 g/mol. The number of carbonyl (C=O) groups is 1. The molecular weight excluding hydrogens is 320 g/mol. The lowest BCUT2D eigenvalue weighted by atomic mass is 9.62. The van der Waals surface area contributed by atoms with E-state index in [9.17, 15) is 4.79 Å². The fraction of sp³-hybridized carbons (Fsp3) is 0.542. The van der Waals surface area contributed by atoms with E-state index >= 15 is 0 Å². The van der Waals surface area contributed by atoms with E-state index in [2.05, 4.69) is 52.8 Å². The summed E-state index contributed by atoms with van der Waals surface area (Å²) in [5.74, 6) is 0.230. The quantitative estimate of drug-likeness (QED) is 0.530. The van der Waals surface area contributed by atoms with Crippen LogP contribution in [0.5, 0.6) is 0 Å². The molecule has 0 heterocycles. The van der Waals surface area contributed by atoms with Crippen molar-refractivity contribution in [3.63, 3.8) is 0 Å². The van der Waals surface area contributed by atoms with Crippen molar-refractivity contribution in [2.45, 2.75) is 77.6 Å². The highest BCUT2D eigenvalue weighted by molar-refractivity contribution is 5.81. The largest absolute Gasteiger partial charge is 0.478 e. The monoisotopic (exact) mass is 352 g/mol. The lowest BCUT2D eigenvalue weighted by Crippen LogP contribution is -2.34. The molecule has 3 rings (SSSR count). The molecule has 0 saturated heterocycles. The third kappa shape index (κ3) is 3.65. The van der Waals surface area contributed by atoms with Gasteiger partial charge in [-0.05, 0) is 83.6 Å². The minimum Gasteiger partial charge on any atom is -0.478 e. The van der Waals surface area contributed by atoms with E-state index in [-0.39, 0.29) is 10.8 Å². The molecule has 1 aromatic rings. The number of rotatable bonds is 4. The van der Waals surface area contributed by atoms with Gasteiger partial charge in [0.15, 0.2) is 0 Å². The smallest absolute Gasteiger partial charge is 0.328 e. The molecule has 2 aliphatic rings. The number of carboxylic acid groups (broad SMARTS) is 1. The molecule has 26 heavy (non-hydrogen) atoms. The molecule has 0 spiro atoms. The number of benzene rings is 1. The highest BCUT2D eigenvalue weighted by Gasteiger charge is 2.41. The molecule has 2 aliphatic carbocycles. The molecule has 0 amide bonds. The minimum atomic E-state index is -0.880. The van der Waals surface area contributed by atoms with Crippen LogP contribution in [0.3, 0.4) is 0 Å². The fourth-order valence-corrected chi connectivity index (χ4v) is 4.44. The van der Waals surface area contributed by atoms with Gasteiger partial charge in [-0.1, -0.05) is 52.0 Å². The van der Waals surface area contributed by atoms with Gasteiger partial charge >= 0.3 is 5.97 Å². The topological polar surface area (TPSA) is 37.3 Å². The molecule has 0 bridgehead atoms. The molecule has 2 atom stereocenters. The van der Waals surface area contributed by atoms with Gasteiger partial charge in [0.1, 0.15) is 0 Å². The summed E-state index contributed by atoms with van der Waals surface area (Å²) in [5.41, 5.74) is 7.27. The van der Waals surface area contributed by atoms with E-state index in [4.69, 9.17) is 5.11 Å². The second kappa shape index (κ2) is 6.40. The van der Waals surface area contributed by atoms with Crippen molar-refractivity contribution in [2.24, 2.45) is 5.92 Å². The zero-order valence-electron chi connectivity index (χ0n) is 17.0. The number of aryl methyl sites for hydroxylation is 1. The molecule has 1 fully saturated rings. The number of hydrogen-bond donors (Lipinski definition) is 1. The lowest BCUT2D eigenvalue weighted by Gasteiger charge is -2.42. The summed E-state index contributed by atoms with van der Waals surface area (Å²) < 4.78 is 0. The Labute approximate surface area is 158 Å². The molecule has 0 aliphatic heterocycles. The van der Waals surface area contributed by atoms with Gasteiger partial charge in [-0.2, -0.15) is 0 Å². The van der Waals surface area contributed by atoms with Crippen molar-refractivity contribution in [2.75, 3.05) is 0 Å². The van der Waals surface area contributed by atoms with E-state index in [1.807, 2.05) is 13.0 Å². The summed E-state index contributed by atoms with van der Waals surface area (Å²) in [6.07, 6.45) is 9.06. The summed E-state index contributed by atoms with van der Waals surface area (Å²) in [7, 11) is 0. The van der Waals surface area contributed by atoms with Crippen LogP contribution >= 0.6 is 0 Å². The van der Waals surface area contributed by atoms with E-state index in [1.54, 1.807) is 0 Å². The third-order valence-electron chi connectivity index (χ3n) is 6.44. The van der Waals surface area contributed by atoms with Crippen LogP contribution in [0.4, 0.5) is 0 Å². The van der Waals surface area contributed by atoms with Gasteiger partial charge in [0, 0.05) is 6.08 Å². The molecule has 1 aromatic carbocycles. The van der Waals surface area contributed by atoms with Gasteiger partial charge in [-0.25, -0.2) is 4.79 Å². The van der Waals surface area contributed by atoms with Gasteiger partial charge in [0.2, 0.25) is 0 Å². The maximum Gasteiger partial charge on any atom is 0.328 e. The second-order valence-corrected chi connectivity index (χ2v) is 9.61. The van der Waals surface area contributed by atoms with Crippen molar-refractivity contribution in [3.05, 3.63) is 58.2 Å². The average Bonchev–Trinajstić information content (AvgIpc) is 3.28. The first-order chi connectivity index (χ1) is 12.0. The fourth-order valence-electron chi connectivity index (χ4n) is 4.44. The number of hydrogen-bond acceptors (Lipinski definition) is 1. The van der Waals surface area contributed by atoms with Crippen LogP contribution < -0.4 is 0 Å². The van der Waals surface area contributed by atoms with Crippen LogP contribution in [0.2, 0.25) is 0 Å². The van der Waals surface area contributed by atoms with Crippen molar-refractivity contribution in [1.82, 2.24) is 0 Å². The van der Waals surface area contributed by atoms with Crippen molar-refractivity contribution in [3.8, 4) is 0 Å². The van der Waals surface area contributed by atoms with Crippen LogP contribution in [0.25, 0.3) is 0 Å². The molecule has 2 nitrogen and oxygen atoms in total. The first kappa shape index (κ1) is 18.9. The zero-order valence-corrected chi connectivity index (χ0v) is 17.0. The molecule has 140 valence electrons. The Morgan fingerprint density at radius 2 is 1.69 bits per heavy atom. The molecule has 0 aromatic heterocycles. The summed E-state index contributed by atoms with van der Waals surface area (Å²) in [6.45, 7) is 13.6. The summed E-state index contributed by atoms with van der Waals surface area (Å²) >= 11 is 0. The minimum absolute atomic E-state index is 0.244. The first-order valence-electron chi connectivity index (χ1n) is 9.76. The number of allylic oxidation sites excluding steroid dienone is 3. The summed E-state index contributed by atoms with van der Waals surface area (Å²) in [5, 5.41) is 8.82. The van der Waals surface area contributed by atoms with E-state index < -0.39 is 5.97 Å². The first-order valence-corrected chi connectivity index (χ1v) is 9.76. The molecule has 2 unspecified atom stereocenters. The molecule has 1 saturated carbocycles. The maximum atomic E-state index is 10.7. The van der Waals surface area contributed by atoms with Crippen molar-refractivity contribution in [1.29, 1.82) is 0 Å². The zero-order chi connectivity index (χ0) is 19.3. The van der Waals surface area contributed by atoms with Gasteiger partial charge in [-0.15, -0.1) is 0 Å². The van der Waals surface area contributed by atoms with Gasteiger partial charge in [0.05, 0.1) is 0 Å². The van der Waals surface area contributed by atoms with Gasteiger partial charge < -0.3 is 5.11 Å². The normalized spacial score (nSPS) is 26.6. The number of aliphatic carboxylic acids is 1. The Kier molecular flexibility index (Phi) is 4.67. The highest BCUT2D eigenvalue weighted by atomic mass is 16.4. The van der Waals surface area contributed by atoms with Crippen LogP contribution in [0.1, 0.15) is 82.1 Å². The Balaban J connectivity index is 1.87. The third-order valence-corrected chi connectivity index (χ3v) is 6.44. The molecule has 0 radical (unpaired) electrons. The second-order valence-electron chi connectivity index (χ2n) is 9.61. The van der Waals surface area contributed by atoms with Crippen molar-refractivity contribution < 1.29 is 9.90 Å². The van der Waals surface area contributed by atoms with Crippen molar-refractivity contribution >= 4 is 5.97 Å².